The van der Waals surface area contributed by atoms with Crippen LogP contribution >= 0.6 is 0 Å². The fourth-order valence-electron chi connectivity index (χ4n) is 4.46. The number of aldehydes is 1. The smallest absolute Gasteiger partial charge is 0.410 e. The fourth-order valence-corrected chi connectivity index (χ4v) is 8.24. The zero-order valence-corrected chi connectivity index (χ0v) is 28.2. The maximum absolute atomic E-state index is 12.4. The Morgan fingerprint density at radius 3 is 1.34 bits per heavy atom. The molecule has 2 fully saturated rings. The van der Waals surface area contributed by atoms with Crippen molar-refractivity contribution in [2.24, 2.45) is 0 Å². The predicted molar refractivity (Wildman–Crippen MR) is 158 cm³/mol. The van der Waals surface area contributed by atoms with E-state index in [-0.39, 0.29) is 31.8 Å². The van der Waals surface area contributed by atoms with Crippen LogP contribution in [0.4, 0.5) is 9.59 Å². The van der Waals surface area contributed by atoms with Gasteiger partial charge in [0.05, 0.1) is 38.8 Å². The molecule has 0 aliphatic carbocycles. The van der Waals surface area contributed by atoms with Crippen LogP contribution in [0.2, 0.25) is 0 Å². The van der Waals surface area contributed by atoms with E-state index >= 15 is 0 Å². The largest absolute Gasteiger partial charge is 0.468 e. The number of nitrogens with zero attached hydrogens (tertiary/aromatic N) is 2. The molecule has 0 bridgehead atoms. The van der Waals surface area contributed by atoms with Crippen molar-refractivity contribution in [2.45, 2.75) is 75.1 Å². The van der Waals surface area contributed by atoms with E-state index in [9.17, 15) is 40.8 Å². The highest BCUT2D eigenvalue weighted by Gasteiger charge is 2.57. The molecule has 2 heterocycles. The van der Waals surface area contributed by atoms with E-state index in [2.05, 4.69) is 16.1 Å². The number of carbonyl (C=O) groups is 5. The van der Waals surface area contributed by atoms with Crippen LogP contribution in [-0.2, 0) is 53.0 Å². The van der Waals surface area contributed by atoms with Crippen LogP contribution in [0.1, 0.15) is 54.4 Å². The summed E-state index contributed by atoms with van der Waals surface area (Å²) in [4.78, 5) is 61.6. The minimum Gasteiger partial charge on any atom is -0.468 e. The van der Waals surface area contributed by atoms with Crippen LogP contribution in [0.25, 0.3) is 0 Å². The second-order valence-electron chi connectivity index (χ2n) is 12.3. The number of hydrogen-bond acceptors (Lipinski definition) is 13. The quantitative estimate of drug-likeness (QED) is 0.170. The Morgan fingerprint density at radius 1 is 0.727 bits per heavy atom. The van der Waals surface area contributed by atoms with Crippen LogP contribution in [0.5, 0.6) is 0 Å². The summed E-state index contributed by atoms with van der Waals surface area (Å²) >= 11 is 0. The Hall–Kier alpha value is -3.21. The van der Waals surface area contributed by atoms with Crippen molar-refractivity contribution in [3.05, 3.63) is 12.7 Å². The van der Waals surface area contributed by atoms with E-state index in [4.69, 9.17) is 9.47 Å². The van der Waals surface area contributed by atoms with Gasteiger partial charge in [-0.3, -0.25) is 9.59 Å². The van der Waals surface area contributed by atoms with Crippen LogP contribution < -0.4 is 0 Å². The number of rotatable bonds is 6. The molecule has 2 rings (SSSR count). The van der Waals surface area contributed by atoms with E-state index in [1.165, 1.54) is 11.0 Å². The first-order chi connectivity index (χ1) is 20.0. The van der Waals surface area contributed by atoms with E-state index in [1.807, 2.05) is 0 Å². The van der Waals surface area contributed by atoms with Gasteiger partial charge in [0.25, 0.3) is 0 Å². The van der Waals surface area contributed by atoms with Gasteiger partial charge in [0.15, 0.2) is 29.2 Å². The number of carbonyl (C=O) groups excluding carboxylic acids is 5. The van der Waals surface area contributed by atoms with Crippen molar-refractivity contribution >= 4 is 50.1 Å². The molecule has 252 valence electrons. The summed E-state index contributed by atoms with van der Waals surface area (Å²) in [6.07, 6.45) is -0.399. The summed E-state index contributed by atoms with van der Waals surface area (Å²) in [5.74, 6) is -2.70. The topological polar surface area (TPSA) is 197 Å². The molecule has 17 heteroatoms. The second-order valence-corrected chi connectivity index (χ2v) is 17.1. The first kappa shape index (κ1) is 38.8. The number of ether oxygens (including phenoxy) is 4. The number of methoxy groups -OCH3 is 2. The SMILES string of the molecule is C=CCC1(C(=O)OC)CN(C(=O)OC(C)(C)C)CCS1(=O)=O.COC(=O)C1(CC=O)CN(C(=O)OC(C)(C)C)CCS1(=O)=O. The van der Waals surface area contributed by atoms with Crippen molar-refractivity contribution in [3.63, 3.8) is 0 Å². The number of allylic oxidation sites excluding steroid dienone is 1. The van der Waals surface area contributed by atoms with Crippen LogP contribution in [0.3, 0.4) is 0 Å². The van der Waals surface area contributed by atoms with Gasteiger partial charge in [-0.2, -0.15) is 0 Å². The maximum Gasteiger partial charge on any atom is 0.410 e. The molecule has 0 spiro atoms. The maximum atomic E-state index is 12.4. The van der Waals surface area contributed by atoms with Gasteiger partial charge in [0.2, 0.25) is 0 Å². The van der Waals surface area contributed by atoms with Gasteiger partial charge >= 0.3 is 24.1 Å². The molecular weight excluding hydrogens is 624 g/mol. The fraction of sp³-hybridized carbons (Fsp3) is 0.741. The minimum absolute atomic E-state index is 0.0207. The second kappa shape index (κ2) is 14.3. The number of amides is 2. The molecule has 2 amide bonds. The number of sulfone groups is 2. The molecule has 44 heavy (non-hydrogen) atoms. The molecule has 15 nitrogen and oxygen atoms in total. The molecular formula is C27H44N2O13S2. The molecule has 0 aromatic heterocycles. The lowest BCUT2D eigenvalue weighted by Crippen LogP contribution is -2.62. The zero-order chi connectivity index (χ0) is 34.4. The van der Waals surface area contributed by atoms with E-state index in [0.717, 1.165) is 19.1 Å². The van der Waals surface area contributed by atoms with Crippen molar-refractivity contribution in [2.75, 3.05) is 51.9 Å². The Morgan fingerprint density at radius 2 is 1.07 bits per heavy atom. The molecule has 0 radical (unpaired) electrons. The molecule has 2 saturated heterocycles. The number of esters is 2. The summed E-state index contributed by atoms with van der Waals surface area (Å²) in [5.41, 5.74) is -1.47. The van der Waals surface area contributed by atoms with Gasteiger partial charge in [-0.25, -0.2) is 26.4 Å². The van der Waals surface area contributed by atoms with Crippen molar-refractivity contribution in [1.82, 2.24) is 9.80 Å². The van der Waals surface area contributed by atoms with Gasteiger partial charge < -0.3 is 33.5 Å². The third-order valence-corrected chi connectivity index (χ3v) is 11.4. The lowest BCUT2D eigenvalue weighted by molar-refractivity contribution is -0.145. The normalized spacial score (nSPS) is 24.5. The predicted octanol–water partition coefficient (Wildman–Crippen LogP) is 1.29. The van der Waals surface area contributed by atoms with E-state index < -0.39 is 83.2 Å². The molecule has 2 aliphatic heterocycles. The van der Waals surface area contributed by atoms with Crippen molar-refractivity contribution in [3.8, 4) is 0 Å². The molecule has 0 aromatic carbocycles. The van der Waals surface area contributed by atoms with E-state index in [0.29, 0.717) is 6.29 Å². The van der Waals surface area contributed by atoms with Gasteiger partial charge in [-0.15, -0.1) is 6.58 Å². The molecule has 2 aliphatic rings. The Balaban J connectivity index is 0.000000440. The van der Waals surface area contributed by atoms with Crippen LogP contribution in [-0.4, -0.2) is 130 Å². The molecule has 0 aromatic rings. The molecule has 0 N–H and O–H groups in total. The average molecular weight is 669 g/mol. The number of hydrogen-bond donors (Lipinski definition) is 0. The lowest BCUT2D eigenvalue weighted by Gasteiger charge is -2.39. The highest BCUT2D eigenvalue weighted by molar-refractivity contribution is 7.94. The van der Waals surface area contributed by atoms with Gasteiger partial charge in [0, 0.05) is 19.5 Å². The summed E-state index contributed by atoms with van der Waals surface area (Å²) < 4.78 is 65.2. The molecule has 2 unspecified atom stereocenters. The van der Waals surface area contributed by atoms with Gasteiger partial charge in [0.1, 0.15) is 17.5 Å². The Labute approximate surface area is 259 Å². The third-order valence-electron chi connectivity index (χ3n) is 6.65. The first-order valence-corrected chi connectivity index (χ1v) is 16.9. The van der Waals surface area contributed by atoms with Gasteiger partial charge in [-0.05, 0) is 48.0 Å². The van der Waals surface area contributed by atoms with Crippen LogP contribution in [0, 0.1) is 0 Å². The standard InChI is InChI=1S/C14H23NO6S.C13H21NO7S/c1-6-7-14(11(16)20-5)10-15(8-9-22(14,18)19)12(17)21-13(2,3)4;1-12(2,3)21-11(17)14-6-8-22(18,19)13(9-14,5-7-15)10(16)20-4/h6H,1,7-10H2,2-5H3;7H,5-6,8-9H2,1-4H3. The van der Waals surface area contributed by atoms with Gasteiger partial charge in [-0.1, -0.05) is 6.08 Å². The summed E-state index contributed by atoms with van der Waals surface area (Å²) in [5, 5.41) is 0. The lowest BCUT2D eigenvalue weighted by atomic mass is 10.0. The summed E-state index contributed by atoms with van der Waals surface area (Å²) in [7, 11) is -5.53. The monoisotopic (exact) mass is 668 g/mol. The van der Waals surface area contributed by atoms with Crippen molar-refractivity contribution in [1.29, 1.82) is 0 Å². The average Bonchev–Trinajstić information content (AvgIpc) is 2.88. The minimum atomic E-state index is -3.92. The summed E-state index contributed by atoms with van der Waals surface area (Å²) in [6.45, 7) is 12.8. The highest BCUT2D eigenvalue weighted by Crippen LogP contribution is 2.32. The highest BCUT2D eigenvalue weighted by atomic mass is 32.2. The third kappa shape index (κ3) is 8.92. The zero-order valence-electron chi connectivity index (χ0n) is 26.5. The molecule has 2 atom stereocenters. The Bertz CT molecular complexity index is 1230. The first-order valence-electron chi connectivity index (χ1n) is 13.6. The molecule has 0 saturated carbocycles. The van der Waals surface area contributed by atoms with Crippen LogP contribution in [0.15, 0.2) is 12.7 Å². The summed E-state index contributed by atoms with van der Waals surface area (Å²) in [6, 6.07) is 0. The van der Waals surface area contributed by atoms with Crippen molar-refractivity contribution < 1.29 is 59.8 Å². The Kier molecular flexibility index (Phi) is 12.6. The van der Waals surface area contributed by atoms with E-state index in [1.54, 1.807) is 41.5 Å².